The first-order chi connectivity index (χ1) is 14.2. The van der Waals surface area contributed by atoms with Crippen LogP contribution in [-0.2, 0) is 19.6 Å². The molecule has 8 nitrogen and oxygen atoms in total. The second-order valence-electron chi connectivity index (χ2n) is 6.05. The maximum atomic E-state index is 12.6. The maximum absolute atomic E-state index is 12.6. The van der Waals surface area contributed by atoms with Gasteiger partial charge in [-0.05, 0) is 30.3 Å². The van der Waals surface area contributed by atoms with Gasteiger partial charge in [-0.25, -0.2) is 13.2 Å². The van der Waals surface area contributed by atoms with Crippen molar-refractivity contribution in [3.05, 3.63) is 64.7 Å². The molecule has 0 unspecified atom stereocenters. The molecule has 2 aromatic rings. The number of benzene rings is 2. The molecule has 30 heavy (non-hydrogen) atoms. The number of sulfonamides is 1. The fourth-order valence-electron chi connectivity index (χ4n) is 2.57. The Morgan fingerprint density at radius 3 is 2.27 bits per heavy atom. The number of hydrogen-bond donors (Lipinski definition) is 1. The van der Waals surface area contributed by atoms with E-state index in [1.807, 2.05) is 0 Å². The first kappa shape index (κ1) is 23.5. The third-order valence-electron chi connectivity index (χ3n) is 4.12. The molecule has 0 heterocycles. The largest absolute Gasteiger partial charge is 0.452 e. The van der Waals surface area contributed by atoms with E-state index in [4.69, 9.17) is 16.3 Å². The van der Waals surface area contributed by atoms with Crippen LogP contribution in [0.25, 0.3) is 0 Å². The lowest BCUT2D eigenvalue weighted by molar-refractivity contribution is -0.123. The molecular weight excluding hydrogens is 432 g/mol. The minimum absolute atomic E-state index is 0.0285. The summed E-state index contributed by atoms with van der Waals surface area (Å²) in [7, 11) is -3.81. The van der Waals surface area contributed by atoms with Crippen LogP contribution >= 0.6 is 11.6 Å². The number of hydrogen-bond acceptors (Lipinski definition) is 6. The Bertz CT molecular complexity index is 1040. The van der Waals surface area contributed by atoms with Crippen LogP contribution in [0.2, 0.25) is 5.02 Å². The van der Waals surface area contributed by atoms with Crippen molar-refractivity contribution < 1.29 is 27.5 Å². The second kappa shape index (κ2) is 10.3. The van der Waals surface area contributed by atoms with Crippen LogP contribution in [0.5, 0.6) is 0 Å². The van der Waals surface area contributed by atoms with E-state index in [1.54, 1.807) is 32.0 Å². The van der Waals surface area contributed by atoms with E-state index >= 15 is 0 Å². The highest BCUT2D eigenvalue weighted by Crippen LogP contribution is 2.23. The SMILES string of the molecule is CCN(CC)S(=O)(=O)c1ccc(Cl)c(C(=O)OCC(=O)NC(=O)c2ccccc2)c1. The molecule has 0 aromatic heterocycles. The van der Waals surface area contributed by atoms with Gasteiger partial charge in [0.1, 0.15) is 0 Å². The van der Waals surface area contributed by atoms with Gasteiger partial charge in [0.15, 0.2) is 6.61 Å². The van der Waals surface area contributed by atoms with Crippen LogP contribution in [0, 0.1) is 0 Å². The fraction of sp³-hybridized carbons (Fsp3) is 0.250. The molecule has 0 aliphatic carbocycles. The molecule has 2 rings (SSSR count). The lowest BCUT2D eigenvalue weighted by atomic mass is 10.2. The predicted octanol–water partition coefficient (Wildman–Crippen LogP) is 2.48. The summed E-state index contributed by atoms with van der Waals surface area (Å²) in [6.45, 7) is 3.18. The van der Waals surface area contributed by atoms with E-state index in [1.165, 1.54) is 28.6 Å². The van der Waals surface area contributed by atoms with Crippen molar-refractivity contribution in [1.29, 1.82) is 0 Å². The molecule has 0 aliphatic heterocycles. The van der Waals surface area contributed by atoms with Crippen molar-refractivity contribution in [3.63, 3.8) is 0 Å². The molecule has 0 aliphatic rings. The van der Waals surface area contributed by atoms with Crippen LogP contribution < -0.4 is 5.32 Å². The molecule has 0 saturated heterocycles. The van der Waals surface area contributed by atoms with Gasteiger partial charge in [-0.3, -0.25) is 14.9 Å². The number of carbonyl (C=O) groups excluding carboxylic acids is 3. The van der Waals surface area contributed by atoms with Gasteiger partial charge in [0, 0.05) is 18.7 Å². The zero-order valence-corrected chi connectivity index (χ0v) is 18.0. The number of carbonyl (C=O) groups is 3. The van der Waals surface area contributed by atoms with E-state index < -0.39 is 34.4 Å². The molecule has 1 N–H and O–H groups in total. The molecule has 0 saturated carbocycles. The lowest BCUT2D eigenvalue weighted by Gasteiger charge is -2.19. The zero-order valence-electron chi connectivity index (χ0n) is 16.4. The average molecular weight is 453 g/mol. The fourth-order valence-corrected chi connectivity index (χ4v) is 4.25. The Kier molecular flexibility index (Phi) is 8.10. The highest BCUT2D eigenvalue weighted by molar-refractivity contribution is 7.89. The molecule has 2 aromatic carbocycles. The highest BCUT2D eigenvalue weighted by Gasteiger charge is 2.24. The Hall–Kier alpha value is -2.75. The van der Waals surface area contributed by atoms with Crippen LogP contribution in [0.15, 0.2) is 53.4 Å². The number of halogens is 1. The third kappa shape index (κ3) is 5.65. The van der Waals surface area contributed by atoms with Gasteiger partial charge in [-0.1, -0.05) is 43.6 Å². The standard InChI is InChI=1S/C20H21ClN2O6S/c1-3-23(4-2)30(27,28)15-10-11-17(21)16(12-15)20(26)29-13-18(24)22-19(25)14-8-6-5-7-9-14/h5-12H,3-4,13H2,1-2H3,(H,22,24,25). The van der Waals surface area contributed by atoms with E-state index in [0.29, 0.717) is 0 Å². The van der Waals surface area contributed by atoms with Gasteiger partial charge in [0.05, 0.1) is 15.5 Å². The number of nitrogens with zero attached hydrogens (tertiary/aromatic N) is 1. The molecule has 160 valence electrons. The first-order valence-corrected chi connectivity index (χ1v) is 10.9. The summed E-state index contributed by atoms with van der Waals surface area (Å²) in [6, 6.07) is 11.7. The van der Waals surface area contributed by atoms with Gasteiger partial charge in [0.25, 0.3) is 11.8 Å². The van der Waals surface area contributed by atoms with Gasteiger partial charge in [-0.2, -0.15) is 4.31 Å². The smallest absolute Gasteiger partial charge is 0.340 e. The second-order valence-corrected chi connectivity index (χ2v) is 8.40. The minimum Gasteiger partial charge on any atom is -0.452 e. The zero-order chi connectivity index (χ0) is 22.3. The van der Waals surface area contributed by atoms with Gasteiger partial charge in [-0.15, -0.1) is 0 Å². The quantitative estimate of drug-likeness (QED) is 0.616. The van der Waals surface area contributed by atoms with Crippen molar-refractivity contribution >= 4 is 39.4 Å². The average Bonchev–Trinajstić information content (AvgIpc) is 2.73. The Morgan fingerprint density at radius 1 is 1.03 bits per heavy atom. The molecule has 10 heteroatoms. The summed E-state index contributed by atoms with van der Waals surface area (Å²) in [6.07, 6.45) is 0. The van der Waals surface area contributed by atoms with Crippen molar-refractivity contribution in [3.8, 4) is 0 Å². The maximum Gasteiger partial charge on any atom is 0.340 e. The van der Waals surface area contributed by atoms with Crippen LogP contribution in [0.4, 0.5) is 0 Å². The van der Waals surface area contributed by atoms with Crippen molar-refractivity contribution in [1.82, 2.24) is 9.62 Å². The molecule has 0 bridgehead atoms. The Morgan fingerprint density at radius 2 is 1.67 bits per heavy atom. The normalized spacial score (nSPS) is 11.2. The summed E-state index contributed by atoms with van der Waals surface area (Å²) < 4.78 is 31.4. The Labute approximate surface area is 179 Å². The van der Waals surface area contributed by atoms with Crippen molar-refractivity contribution in [2.24, 2.45) is 0 Å². The van der Waals surface area contributed by atoms with E-state index in [0.717, 1.165) is 6.07 Å². The Balaban J connectivity index is 2.08. The summed E-state index contributed by atoms with van der Waals surface area (Å²) in [4.78, 5) is 36.0. The van der Waals surface area contributed by atoms with E-state index in [-0.39, 0.29) is 34.1 Å². The number of amides is 2. The highest BCUT2D eigenvalue weighted by atomic mass is 35.5. The van der Waals surface area contributed by atoms with Crippen molar-refractivity contribution in [2.45, 2.75) is 18.7 Å². The summed E-state index contributed by atoms with van der Waals surface area (Å²) in [5, 5.41) is 2.06. The topological polar surface area (TPSA) is 110 Å². The number of ether oxygens (including phenoxy) is 1. The molecular formula is C20H21ClN2O6S. The lowest BCUT2D eigenvalue weighted by Crippen LogP contribution is -2.34. The third-order valence-corrected chi connectivity index (χ3v) is 6.50. The number of esters is 1. The number of imide groups is 1. The molecule has 2 amide bonds. The van der Waals surface area contributed by atoms with Crippen LogP contribution in [0.1, 0.15) is 34.6 Å². The van der Waals surface area contributed by atoms with Gasteiger partial charge >= 0.3 is 5.97 Å². The van der Waals surface area contributed by atoms with Gasteiger partial charge in [0.2, 0.25) is 10.0 Å². The van der Waals surface area contributed by atoms with Crippen LogP contribution in [-0.4, -0.2) is 50.2 Å². The van der Waals surface area contributed by atoms with E-state index in [2.05, 4.69) is 5.32 Å². The summed E-state index contributed by atoms with van der Waals surface area (Å²) in [5.41, 5.74) is 0.0709. The molecule has 0 atom stereocenters. The molecule has 0 fully saturated rings. The van der Waals surface area contributed by atoms with Gasteiger partial charge < -0.3 is 4.74 Å². The van der Waals surface area contributed by atoms with Crippen LogP contribution in [0.3, 0.4) is 0 Å². The van der Waals surface area contributed by atoms with E-state index in [9.17, 15) is 22.8 Å². The molecule has 0 radical (unpaired) electrons. The molecule has 0 spiro atoms. The minimum atomic E-state index is -3.81. The first-order valence-electron chi connectivity index (χ1n) is 9.06. The monoisotopic (exact) mass is 452 g/mol. The summed E-state index contributed by atoms with van der Waals surface area (Å²) in [5.74, 6) is -2.46. The summed E-state index contributed by atoms with van der Waals surface area (Å²) >= 11 is 6.00. The number of nitrogens with one attached hydrogen (secondary N) is 1. The number of rotatable bonds is 8. The van der Waals surface area contributed by atoms with Crippen molar-refractivity contribution in [2.75, 3.05) is 19.7 Å². The predicted molar refractivity (Wildman–Crippen MR) is 111 cm³/mol.